The molecular weight excluding hydrogens is 210 g/mol. The zero-order valence-corrected chi connectivity index (χ0v) is 9.61. The molecule has 0 bridgehead atoms. The largest absolute Gasteiger partial charge is 0.375 e. The van der Waals surface area contributed by atoms with Gasteiger partial charge in [-0.3, -0.25) is 4.79 Å². The van der Waals surface area contributed by atoms with Crippen molar-refractivity contribution in [2.24, 2.45) is 0 Å². The van der Waals surface area contributed by atoms with Gasteiger partial charge in [0.25, 0.3) is 0 Å². The summed E-state index contributed by atoms with van der Waals surface area (Å²) in [5.41, 5.74) is 0. The van der Waals surface area contributed by atoms with Crippen LogP contribution in [0.25, 0.3) is 0 Å². The molecule has 0 aromatic carbocycles. The fraction of sp³-hybridized carbons (Fsp3) is 0.909. The Labute approximate surface area is 95.4 Å². The topological polar surface area (TPSA) is 56.8 Å². The summed E-state index contributed by atoms with van der Waals surface area (Å²) in [6.07, 6.45) is 3.14. The van der Waals surface area contributed by atoms with Crippen LogP contribution in [0, 0.1) is 0 Å². The molecule has 1 saturated carbocycles. The van der Waals surface area contributed by atoms with Crippen LogP contribution in [0.2, 0.25) is 0 Å². The van der Waals surface area contributed by atoms with Gasteiger partial charge < -0.3 is 19.5 Å². The van der Waals surface area contributed by atoms with Crippen molar-refractivity contribution in [2.45, 2.75) is 37.5 Å². The molecule has 0 spiro atoms. The minimum Gasteiger partial charge on any atom is -0.375 e. The maximum absolute atomic E-state index is 11.4. The first-order valence-corrected chi connectivity index (χ1v) is 5.81. The van der Waals surface area contributed by atoms with E-state index < -0.39 is 0 Å². The fourth-order valence-corrected chi connectivity index (χ4v) is 2.40. The highest BCUT2D eigenvalue weighted by Crippen LogP contribution is 2.26. The van der Waals surface area contributed by atoms with E-state index >= 15 is 0 Å². The summed E-state index contributed by atoms with van der Waals surface area (Å²) in [6, 6.07) is 0.200. The number of methoxy groups -OCH3 is 1. The number of hydrogen-bond donors (Lipinski definition) is 1. The van der Waals surface area contributed by atoms with Crippen molar-refractivity contribution in [1.29, 1.82) is 0 Å². The van der Waals surface area contributed by atoms with Crippen LogP contribution in [0.5, 0.6) is 0 Å². The smallest absolute Gasteiger partial charge is 0.246 e. The van der Waals surface area contributed by atoms with Gasteiger partial charge in [-0.2, -0.15) is 0 Å². The van der Waals surface area contributed by atoms with E-state index in [1.807, 2.05) is 0 Å². The Balaban J connectivity index is 1.78. The summed E-state index contributed by atoms with van der Waals surface area (Å²) in [5.74, 6) is -0.0531. The third-order valence-electron chi connectivity index (χ3n) is 3.12. The lowest BCUT2D eigenvalue weighted by atomic mass is 9.89. The van der Waals surface area contributed by atoms with Gasteiger partial charge in [0, 0.05) is 13.2 Å². The molecule has 2 fully saturated rings. The minimum atomic E-state index is -0.0531. The van der Waals surface area contributed by atoms with Crippen molar-refractivity contribution >= 4 is 5.91 Å². The third kappa shape index (κ3) is 2.93. The van der Waals surface area contributed by atoms with E-state index in [0.29, 0.717) is 13.2 Å². The summed E-state index contributed by atoms with van der Waals surface area (Å²) in [4.78, 5) is 11.4. The molecule has 0 radical (unpaired) electrons. The SMILES string of the molecule is COCC(=O)NC1CCC2OCCOC2C1. The first kappa shape index (κ1) is 11.8. The normalized spacial score (nSPS) is 34.2. The minimum absolute atomic E-state index is 0.0531. The van der Waals surface area contributed by atoms with Gasteiger partial charge in [0.15, 0.2) is 0 Å². The molecule has 1 N–H and O–H groups in total. The maximum atomic E-state index is 11.4. The highest BCUT2D eigenvalue weighted by atomic mass is 16.6. The lowest BCUT2D eigenvalue weighted by Crippen LogP contribution is -2.49. The summed E-state index contributed by atoms with van der Waals surface area (Å²) in [7, 11) is 1.52. The van der Waals surface area contributed by atoms with Gasteiger partial charge in [0.2, 0.25) is 5.91 Å². The molecule has 1 heterocycles. The number of nitrogens with one attached hydrogen (secondary N) is 1. The molecule has 2 rings (SSSR count). The zero-order valence-electron chi connectivity index (χ0n) is 9.61. The van der Waals surface area contributed by atoms with Gasteiger partial charge >= 0.3 is 0 Å². The van der Waals surface area contributed by atoms with Crippen LogP contribution in [0.4, 0.5) is 0 Å². The Morgan fingerprint density at radius 1 is 1.31 bits per heavy atom. The lowest BCUT2D eigenvalue weighted by molar-refractivity contribution is -0.159. The Morgan fingerprint density at radius 3 is 2.81 bits per heavy atom. The van der Waals surface area contributed by atoms with Crippen LogP contribution >= 0.6 is 0 Å². The lowest BCUT2D eigenvalue weighted by Gasteiger charge is -2.39. The van der Waals surface area contributed by atoms with Gasteiger partial charge in [-0.25, -0.2) is 0 Å². The molecule has 1 saturated heterocycles. The van der Waals surface area contributed by atoms with Crippen molar-refractivity contribution in [2.75, 3.05) is 26.9 Å². The highest BCUT2D eigenvalue weighted by Gasteiger charge is 2.34. The van der Waals surface area contributed by atoms with E-state index in [4.69, 9.17) is 14.2 Å². The molecule has 1 amide bonds. The Kier molecular flexibility index (Phi) is 4.15. The molecule has 5 nitrogen and oxygen atoms in total. The van der Waals surface area contributed by atoms with Crippen LogP contribution in [0.15, 0.2) is 0 Å². The van der Waals surface area contributed by atoms with Crippen molar-refractivity contribution in [1.82, 2.24) is 5.32 Å². The second-order valence-electron chi connectivity index (χ2n) is 4.33. The van der Waals surface area contributed by atoms with E-state index in [1.165, 1.54) is 7.11 Å². The van der Waals surface area contributed by atoms with Gasteiger partial charge in [0.1, 0.15) is 6.61 Å². The van der Waals surface area contributed by atoms with E-state index in [-0.39, 0.29) is 30.8 Å². The predicted octanol–water partition coefficient (Wildman–Crippen LogP) is 0.0855. The molecule has 5 heteroatoms. The van der Waals surface area contributed by atoms with Gasteiger partial charge in [0.05, 0.1) is 25.4 Å². The Hall–Kier alpha value is -0.650. The Morgan fingerprint density at radius 2 is 2.06 bits per heavy atom. The molecule has 2 aliphatic rings. The molecule has 1 aliphatic carbocycles. The maximum Gasteiger partial charge on any atom is 0.246 e. The van der Waals surface area contributed by atoms with Crippen molar-refractivity contribution in [3.63, 3.8) is 0 Å². The van der Waals surface area contributed by atoms with Crippen molar-refractivity contribution < 1.29 is 19.0 Å². The molecule has 1 aliphatic heterocycles. The van der Waals surface area contributed by atoms with Crippen LogP contribution in [0.1, 0.15) is 19.3 Å². The average molecular weight is 229 g/mol. The van der Waals surface area contributed by atoms with Crippen LogP contribution < -0.4 is 5.32 Å². The molecule has 92 valence electrons. The first-order chi connectivity index (χ1) is 7.79. The van der Waals surface area contributed by atoms with Crippen LogP contribution in [-0.2, 0) is 19.0 Å². The molecule has 16 heavy (non-hydrogen) atoms. The number of ether oxygens (including phenoxy) is 3. The van der Waals surface area contributed by atoms with E-state index in [2.05, 4.69) is 5.32 Å². The molecular formula is C11H19NO4. The van der Waals surface area contributed by atoms with Gasteiger partial charge in [-0.1, -0.05) is 0 Å². The Bertz CT molecular complexity index is 246. The monoisotopic (exact) mass is 229 g/mol. The fourth-order valence-electron chi connectivity index (χ4n) is 2.40. The van der Waals surface area contributed by atoms with E-state index in [1.54, 1.807) is 0 Å². The number of rotatable bonds is 3. The zero-order chi connectivity index (χ0) is 11.4. The highest BCUT2D eigenvalue weighted by molar-refractivity contribution is 5.77. The summed E-state index contributed by atoms with van der Waals surface area (Å²) >= 11 is 0. The summed E-state index contributed by atoms with van der Waals surface area (Å²) in [5, 5.41) is 2.95. The van der Waals surface area contributed by atoms with Crippen LogP contribution in [-0.4, -0.2) is 51.1 Å². The molecule has 3 atom stereocenters. The quantitative estimate of drug-likeness (QED) is 0.745. The predicted molar refractivity (Wildman–Crippen MR) is 57.1 cm³/mol. The van der Waals surface area contributed by atoms with E-state index in [0.717, 1.165) is 19.3 Å². The van der Waals surface area contributed by atoms with Crippen molar-refractivity contribution in [3.05, 3.63) is 0 Å². The average Bonchev–Trinajstić information content (AvgIpc) is 2.29. The summed E-state index contributed by atoms with van der Waals surface area (Å²) in [6.45, 7) is 1.49. The van der Waals surface area contributed by atoms with Gasteiger partial charge in [-0.05, 0) is 19.3 Å². The van der Waals surface area contributed by atoms with Gasteiger partial charge in [-0.15, -0.1) is 0 Å². The number of amides is 1. The molecule has 3 unspecified atom stereocenters. The first-order valence-electron chi connectivity index (χ1n) is 5.81. The molecule has 0 aromatic heterocycles. The number of fused-ring (bicyclic) bond motifs is 1. The van der Waals surface area contributed by atoms with E-state index in [9.17, 15) is 4.79 Å². The molecule has 0 aromatic rings. The second-order valence-corrected chi connectivity index (χ2v) is 4.33. The second kappa shape index (κ2) is 5.61. The van der Waals surface area contributed by atoms with Crippen molar-refractivity contribution in [3.8, 4) is 0 Å². The number of carbonyl (C=O) groups is 1. The third-order valence-corrected chi connectivity index (χ3v) is 3.12. The summed E-state index contributed by atoms with van der Waals surface area (Å²) < 4.78 is 16.1. The number of carbonyl (C=O) groups excluding carboxylic acids is 1. The van der Waals surface area contributed by atoms with Crippen LogP contribution in [0.3, 0.4) is 0 Å². The number of hydrogen-bond acceptors (Lipinski definition) is 4. The standard InChI is InChI=1S/C11H19NO4/c1-14-7-11(13)12-8-2-3-9-10(6-8)16-5-4-15-9/h8-10H,2-7H2,1H3,(H,12,13).